The lowest BCUT2D eigenvalue weighted by molar-refractivity contribution is -0.116. The van der Waals surface area contributed by atoms with Crippen LogP contribution < -0.4 is 15.6 Å². The molecule has 6 nitrogen and oxygen atoms in total. The van der Waals surface area contributed by atoms with Gasteiger partial charge in [-0.15, -0.1) is 0 Å². The number of amides is 1. The number of benzene rings is 2. The topological polar surface area (TPSA) is 73.2 Å². The number of carbonyl (C=O) groups excluding carboxylic acids is 1. The number of rotatable bonds is 5. The number of hydrogen-bond donors (Lipinski definition) is 1. The molecule has 3 aromatic rings. The Hall–Kier alpha value is -3.41. The molecule has 1 amide bonds. The number of carbonyl (C=O) groups is 1. The van der Waals surface area contributed by atoms with E-state index in [0.29, 0.717) is 17.1 Å². The predicted molar refractivity (Wildman–Crippen MR) is 94.8 cm³/mol. The Morgan fingerprint density at radius 1 is 1.08 bits per heavy atom. The Morgan fingerprint density at radius 3 is 2.44 bits per heavy atom. The molecule has 3 rings (SSSR count). The van der Waals surface area contributed by atoms with Crippen LogP contribution in [-0.4, -0.2) is 15.5 Å². The molecule has 0 radical (unpaired) electrons. The van der Waals surface area contributed by atoms with Crippen molar-refractivity contribution in [1.29, 1.82) is 0 Å². The van der Waals surface area contributed by atoms with Crippen molar-refractivity contribution in [1.82, 2.24) is 9.55 Å². The molecule has 0 aliphatic heterocycles. The average Bonchev–Trinajstić information content (AvgIpc) is 2.60. The fourth-order valence-electron chi connectivity index (χ4n) is 2.22. The summed E-state index contributed by atoms with van der Waals surface area (Å²) in [4.78, 5) is 27.9. The quantitative estimate of drug-likeness (QED) is 0.778. The standard InChI is InChI=1S/C19H17N3O3/c1-14-11-19(24)22(13-20-14)12-18(23)21-15-7-9-17(10-8-15)25-16-5-3-2-4-6-16/h2-11,13H,12H2,1H3,(H,21,23). The SMILES string of the molecule is Cc1cc(=O)n(CC(=O)Nc2ccc(Oc3ccccc3)cc2)cn1. The first-order valence-corrected chi connectivity index (χ1v) is 7.76. The van der Waals surface area contributed by atoms with Crippen LogP contribution in [0.15, 0.2) is 71.8 Å². The van der Waals surface area contributed by atoms with Gasteiger partial charge in [0.1, 0.15) is 18.0 Å². The van der Waals surface area contributed by atoms with Gasteiger partial charge in [0.05, 0.1) is 6.33 Å². The van der Waals surface area contributed by atoms with E-state index in [4.69, 9.17) is 4.74 Å². The van der Waals surface area contributed by atoms with Crippen LogP contribution in [0.2, 0.25) is 0 Å². The molecule has 0 spiro atoms. The van der Waals surface area contributed by atoms with Crippen molar-refractivity contribution in [2.45, 2.75) is 13.5 Å². The average molecular weight is 335 g/mol. The van der Waals surface area contributed by atoms with Crippen molar-refractivity contribution >= 4 is 11.6 Å². The number of nitrogens with zero attached hydrogens (tertiary/aromatic N) is 2. The fraction of sp³-hybridized carbons (Fsp3) is 0.105. The van der Waals surface area contributed by atoms with Crippen molar-refractivity contribution in [2.75, 3.05) is 5.32 Å². The molecule has 0 aliphatic carbocycles. The third-order valence-corrected chi connectivity index (χ3v) is 3.45. The molecular formula is C19H17N3O3. The van der Waals surface area contributed by atoms with E-state index in [1.165, 1.54) is 17.0 Å². The van der Waals surface area contributed by atoms with Crippen LogP contribution in [0.25, 0.3) is 0 Å². The summed E-state index contributed by atoms with van der Waals surface area (Å²) in [6.07, 6.45) is 1.37. The number of aryl methyl sites for hydroxylation is 1. The second kappa shape index (κ2) is 7.44. The maximum Gasteiger partial charge on any atom is 0.253 e. The fourth-order valence-corrected chi connectivity index (χ4v) is 2.22. The molecule has 1 N–H and O–H groups in total. The third-order valence-electron chi connectivity index (χ3n) is 3.45. The van der Waals surface area contributed by atoms with Gasteiger partial charge in [-0.1, -0.05) is 18.2 Å². The van der Waals surface area contributed by atoms with Gasteiger partial charge in [-0.2, -0.15) is 0 Å². The van der Waals surface area contributed by atoms with E-state index in [1.54, 1.807) is 31.2 Å². The minimum Gasteiger partial charge on any atom is -0.457 e. The van der Waals surface area contributed by atoms with Gasteiger partial charge in [-0.3, -0.25) is 14.2 Å². The molecule has 0 fully saturated rings. The van der Waals surface area contributed by atoms with E-state index in [2.05, 4.69) is 10.3 Å². The predicted octanol–water partition coefficient (Wildman–Crippen LogP) is 2.98. The van der Waals surface area contributed by atoms with Gasteiger partial charge >= 0.3 is 0 Å². The highest BCUT2D eigenvalue weighted by Gasteiger charge is 2.06. The Kier molecular flexibility index (Phi) is 4.89. The molecular weight excluding hydrogens is 318 g/mol. The van der Waals surface area contributed by atoms with Crippen molar-refractivity contribution in [3.05, 3.63) is 83.0 Å². The Morgan fingerprint density at radius 2 is 1.76 bits per heavy atom. The first-order valence-electron chi connectivity index (χ1n) is 7.76. The zero-order chi connectivity index (χ0) is 17.6. The van der Waals surface area contributed by atoms with Gasteiger partial charge in [-0.25, -0.2) is 4.98 Å². The highest BCUT2D eigenvalue weighted by Crippen LogP contribution is 2.22. The lowest BCUT2D eigenvalue weighted by atomic mass is 10.3. The lowest BCUT2D eigenvalue weighted by Gasteiger charge is -2.09. The van der Waals surface area contributed by atoms with Crippen LogP contribution in [0.3, 0.4) is 0 Å². The zero-order valence-electron chi connectivity index (χ0n) is 13.7. The summed E-state index contributed by atoms with van der Waals surface area (Å²) in [6.45, 7) is 1.64. The molecule has 0 saturated heterocycles. The maximum atomic E-state index is 12.1. The molecule has 0 unspecified atom stereocenters. The first-order chi connectivity index (χ1) is 12.1. The summed E-state index contributed by atoms with van der Waals surface area (Å²) in [7, 11) is 0. The summed E-state index contributed by atoms with van der Waals surface area (Å²) in [5, 5.41) is 2.74. The van der Waals surface area contributed by atoms with Crippen molar-refractivity contribution in [3.8, 4) is 11.5 Å². The molecule has 25 heavy (non-hydrogen) atoms. The molecule has 0 bridgehead atoms. The van der Waals surface area contributed by atoms with E-state index in [0.717, 1.165) is 5.75 Å². The zero-order valence-corrected chi connectivity index (χ0v) is 13.7. The van der Waals surface area contributed by atoms with Gasteiger partial charge in [0.25, 0.3) is 5.56 Å². The van der Waals surface area contributed by atoms with E-state index in [9.17, 15) is 9.59 Å². The van der Waals surface area contributed by atoms with Crippen LogP contribution in [0.1, 0.15) is 5.69 Å². The van der Waals surface area contributed by atoms with Gasteiger partial charge < -0.3 is 10.1 Å². The van der Waals surface area contributed by atoms with Gasteiger partial charge in [-0.05, 0) is 43.3 Å². The number of ether oxygens (including phenoxy) is 1. The van der Waals surface area contributed by atoms with Crippen LogP contribution in [0.4, 0.5) is 5.69 Å². The molecule has 1 heterocycles. The van der Waals surface area contributed by atoms with Crippen LogP contribution in [-0.2, 0) is 11.3 Å². The summed E-state index contributed by atoms with van der Waals surface area (Å²) >= 11 is 0. The molecule has 1 aromatic heterocycles. The first kappa shape index (κ1) is 16.4. The smallest absolute Gasteiger partial charge is 0.253 e. The molecule has 6 heteroatoms. The minimum absolute atomic E-state index is 0.0889. The minimum atomic E-state index is -0.301. The summed E-state index contributed by atoms with van der Waals surface area (Å²) in [5.74, 6) is 1.11. The van der Waals surface area contributed by atoms with E-state index < -0.39 is 0 Å². The number of para-hydroxylation sites is 1. The van der Waals surface area contributed by atoms with Crippen LogP contribution >= 0.6 is 0 Å². The maximum absolute atomic E-state index is 12.1. The largest absolute Gasteiger partial charge is 0.457 e. The van der Waals surface area contributed by atoms with Crippen molar-refractivity contribution in [3.63, 3.8) is 0 Å². The number of hydrogen-bond acceptors (Lipinski definition) is 4. The number of aromatic nitrogens is 2. The molecule has 0 aliphatic rings. The summed E-state index contributed by atoms with van der Waals surface area (Å²) in [6, 6.07) is 17.8. The van der Waals surface area contributed by atoms with Crippen molar-refractivity contribution in [2.24, 2.45) is 0 Å². The van der Waals surface area contributed by atoms with Crippen LogP contribution in [0, 0.1) is 6.92 Å². The normalized spacial score (nSPS) is 10.3. The Labute approximate surface area is 144 Å². The second-order valence-corrected chi connectivity index (χ2v) is 5.48. The van der Waals surface area contributed by atoms with E-state index >= 15 is 0 Å². The molecule has 2 aromatic carbocycles. The highest BCUT2D eigenvalue weighted by atomic mass is 16.5. The van der Waals surface area contributed by atoms with E-state index in [1.807, 2.05) is 30.3 Å². The van der Waals surface area contributed by atoms with E-state index in [-0.39, 0.29) is 18.0 Å². The molecule has 0 saturated carbocycles. The molecule has 126 valence electrons. The van der Waals surface area contributed by atoms with Crippen molar-refractivity contribution < 1.29 is 9.53 Å². The monoisotopic (exact) mass is 335 g/mol. The number of nitrogens with one attached hydrogen (secondary N) is 1. The van der Waals surface area contributed by atoms with Gasteiger partial charge in [0.2, 0.25) is 5.91 Å². The third kappa shape index (κ3) is 4.54. The van der Waals surface area contributed by atoms with Gasteiger partial charge in [0, 0.05) is 17.4 Å². The summed E-state index contributed by atoms with van der Waals surface area (Å²) < 4.78 is 6.95. The molecule has 0 atom stereocenters. The number of anilines is 1. The Bertz CT molecular complexity index is 919. The van der Waals surface area contributed by atoms with Gasteiger partial charge in [0.15, 0.2) is 0 Å². The lowest BCUT2D eigenvalue weighted by Crippen LogP contribution is -2.27. The van der Waals surface area contributed by atoms with Crippen LogP contribution in [0.5, 0.6) is 11.5 Å². The summed E-state index contributed by atoms with van der Waals surface area (Å²) in [5.41, 5.74) is 0.989. The Balaban J connectivity index is 1.61. The second-order valence-electron chi connectivity index (χ2n) is 5.48. The highest BCUT2D eigenvalue weighted by molar-refractivity contribution is 5.90.